The fourth-order valence-corrected chi connectivity index (χ4v) is 2.55. The number of aromatic nitrogens is 1. The first-order valence-electron chi connectivity index (χ1n) is 6.73. The van der Waals surface area contributed by atoms with E-state index in [2.05, 4.69) is 17.2 Å². The molecule has 0 spiro atoms. The quantitative estimate of drug-likeness (QED) is 0.497. The van der Waals surface area contributed by atoms with Crippen LogP contribution < -0.4 is 11.1 Å². The summed E-state index contributed by atoms with van der Waals surface area (Å²) in [5.74, 6) is 1.33. The van der Waals surface area contributed by atoms with Crippen molar-refractivity contribution >= 4 is 17.3 Å². The van der Waals surface area contributed by atoms with Gasteiger partial charge in [0, 0.05) is 12.1 Å². The molecule has 6 nitrogen and oxygen atoms in total. The Morgan fingerprint density at radius 3 is 2.89 bits per heavy atom. The van der Waals surface area contributed by atoms with E-state index in [1.54, 1.807) is 0 Å². The van der Waals surface area contributed by atoms with Gasteiger partial charge in [-0.2, -0.15) is 0 Å². The van der Waals surface area contributed by atoms with Crippen molar-refractivity contribution in [3.63, 3.8) is 0 Å². The van der Waals surface area contributed by atoms with Crippen LogP contribution in [-0.2, 0) is 0 Å². The molecule has 104 valence electrons. The lowest BCUT2D eigenvalue weighted by Gasteiger charge is -2.17. The molecule has 0 saturated heterocycles. The molecule has 0 radical (unpaired) electrons. The van der Waals surface area contributed by atoms with E-state index in [4.69, 9.17) is 5.73 Å². The van der Waals surface area contributed by atoms with Crippen LogP contribution >= 0.6 is 0 Å². The highest BCUT2D eigenvalue weighted by molar-refractivity contribution is 5.59. The maximum absolute atomic E-state index is 11.0. The minimum atomic E-state index is -0.423. The van der Waals surface area contributed by atoms with E-state index in [1.165, 1.54) is 18.6 Å². The van der Waals surface area contributed by atoms with Crippen LogP contribution in [0.4, 0.5) is 17.3 Å². The van der Waals surface area contributed by atoms with Crippen LogP contribution in [0.2, 0.25) is 0 Å². The summed E-state index contributed by atoms with van der Waals surface area (Å²) in [5, 5.41) is 14.2. The van der Waals surface area contributed by atoms with Crippen LogP contribution in [0.25, 0.3) is 0 Å². The van der Waals surface area contributed by atoms with Gasteiger partial charge in [0.15, 0.2) is 0 Å². The minimum Gasteiger partial charge on any atom is -0.384 e. The molecular weight excluding hydrogens is 244 g/mol. The number of hydrogen-bond acceptors (Lipinski definition) is 5. The summed E-state index contributed by atoms with van der Waals surface area (Å²) in [6.45, 7) is 2.25. The lowest BCUT2D eigenvalue weighted by Crippen LogP contribution is -2.20. The Bertz CT molecular complexity index is 464. The Morgan fingerprint density at radius 2 is 2.16 bits per heavy atom. The zero-order valence-corrected chi connectivity index (χ0v) is 11.1. The summed E-state index contributed by atoms with van der Waals surface area (Å²) < 4.78 is 0. The number of nitrogens with one attached hydrogen (secondary N) is 1. The fraction of sp³-hybridized carbons (Fsp3) is 0.615. The number of anilines is 2. The summed E-state index contributed by atoms with van der Waals surface area (Å²) >= 11 is 0. The minimum absolute atomic E-state index is 0.00787. The normalized spacial score (nSPS) is 23.6. The molecule has 1 aromatic rings. The molecule has 0 bridgehead atoms. The molecule has 0 aromatic carbocycles. The van der Waals surface area contributed by atoms with Crippen molar-refractivity contribution in [1.29, 1.82) is 0 Å². The molecule has 1 saturated carbocycles. The van der Waals surface area contributed by atoms with E-state index >= 15 is 0 Å². The summed E-state index contributed by atoms with van der Waals surface area (Å²) in [4.78, 5) is 14.6. The Morgan fingerprint density at radius 1 is 1.37 bits per heavy atom. The van der Waals surface area contributed by atoms with Crippen LogP contribution in [0.15, 0.2) is 12.1 Å². The predicted molar refractivity (Wildman–Crippen MR) is 75.0 cm³/mol. The largest absolute Gasteiger partial charge is 0.384 e. The highest BCUT2D eigenvalue weighted by atomic mass is 16.6. The summed E-state index contributed by atoms with van der Waals surface area (Å²) in [6, 6.07) is 3.11. The molecule has 6 heteroatoms. The van der Waals surface area contributed by atoms with Crippen molar-refractivity contribution < 1.29 is 4.92 Å². The number of nitrogens with two attached hydrogens (primary N) is 1. The van der Waals surface area contributed by atoms with Gasteiger partial charge < -0.3 is 11.1 Å². The van der Waals surface area contributed by atoms with E-state index in [-0.39, 0.29) is 11.7 Å². The van der Waals surface area contributed by atoms with E-state index in [9.17, 15) is 10.1 Å². The maximum Gasteiger partial charge on any atom is 0.311 e. The highest BCUT2D eigenvalue weighted by Crippen LogP contribution is 2.28. The SMILES string of the molecule is CC1CCCC(Nc2nc(N)ccc2[N+](=O)[O-])CC1. The first-order valence-corrected chi connectivity index (χ1v) is 6.73. The molecule has 1 fully saturated rings. The maximum atomic E-state index is 11.0. The molecule has 3 N–H and O–H groups in total. The topological polar surface area (TPSA) is 94.1 Å². The third-order valence-electron chi connectivity index (χ3n) is 3.69. The van der Waals surface area contributed by atoms with Crippen LogP contribution in [0.5, 0.6) is 0 Å². The van der Waals surface area contributed by atoms with Gasteiger partial charge in [0.1, 0.15) is 5.82 Å². The number of hydrogen-bond donors (Lipinski definition) is 2. The second-order valence-electron chi connectivity index (χ2n) is 5.32. The molecule has 1 aromatic heterocycles. The van der Waals surface area contributed by atoms with Crippen molar-refractivity contribution in [2.24, 2.45) is 5.92 Å². The van der Waals surface area contributed by atoms with Crippen molar-refractivity contribution in [2.45, 2.75) is 45.1 Å². The van der Waals surface area contributed by atoms with Gasteiger partial charge in [-0.05, 0) is 31.2 Å². The monoisotopic (exact) mass is 264 g/mol. The predicted octanol–water partition coefficient (Wildman–Crippen LogP) is 2.95. The van der Waals surface area contributed by atoms with Crippen LogP contribution in [0.1, 0.15) is 39.0 Å². The Balaban J connectivity index is 2.13. The van der Waals surface area contributed by atoms with E-state index in [0.717, 1.165) is 31.6 Å². The number of nitrogen functional groups attached to an aromatic ring is 1. The first-order chi connectivity index (χ1) is 9.06. The molecule has 0 aliphatic heterocycles. The smallest absolute Gasteiger partial charge is 0.311 e. The molecule has 1 heterocycles. The van der Waals surface area contributed by atoms with Crippen molar-refractivity contribution in [1.82, 2.24) is 4.98 Å². The first kappa shape index (κ1) is 13.6. The third kappa shape index (κ3) is 3.56. The second kappa shape index (κ2) is 5.86. The number of nitrogens with zero attached hydrogens (tertiary/aromatic N) is 2. The van der Waals surface area contributed by atoms with Crippen LogP contribution in [0, 0.1) is 16.0 Å². The Hall–Kier alpha value is -1.85. The molecule has 2 rings (SSSR count). The molecular formula is C13H20N4O2. The number of nitro groups is 1. The highest BCUT2D eigenvalue weighted by Gasteiger charge is 2.21. The molecule has 19 heavy (non-hydrogen) atoms. The number of rotatable bonds is 3. The summed E-state index contributed by atoms with van der Waals surface area (Å²) in [6.07, 6.45) is 5.57. The zero-order chi connectivity index (χ0) is 13.8. The third-order valence-corrected chi connectivity index (χ3v) is 3.69. The van der Waals surface area contributed by atoms with Crippen molar-refractivity contribution in [2.75, 3.05) is 11.1 Å². The van der Waals surface area contributed by atoms with Gasteiger partial charge in [-0.15, -0.1) is 0 Å². The standard InChI is InChI=1S/C13H20N4O2/c1-9-3-2-4-10(6-5-9)15-13-11(17(18)19)7-8-12(14)16-13/h7-10H,2-6H2,1H3,(H3,14,15,16). The fourth-order valence-electron chi connectivity index (χ4n) is 2.55. The molecule has 1 aliphatic carbocycles. The van der Waals surface area contributed by atoms with Crippen molar-refractivity contribution in [3.05, 3.63) is 22.2 Å². The summed E-state index contributed by atoms with van der Waals surface area (Å²) in [5.41, 5.74) is 5.60. The van der Waals surface area contributed by atoms with Crippen LogP contribution in [-0.4, -0.2) is 15.9 Å². The van der Waals surface area contributed by atoms with E-state index in [1.807, 2.05) is 0 Å². The second-order valence-corrected chi connectivity index (χ2v) is 5.32. The van der Waals surface area contributed by atoms with Gasteiger partial charge >= 0.3 is 5.69 Å². The zero-order valence-electron chi connectivity index (χ0n) is 11.1. The number of pyridine rings is 1. The molecule has 2 atom stereocenters. The summed E-state index contributed by atoms with van der Waals surface area (Å²) in [7, 11) is 0. The van der Waals surface area contributed by atoms with Gasteiger partial charge in [0.05, 0.1) is 4.92 Å². The van der Waals surface area contributed by atoms with Gasteiger partial charge in [0.25, 0.3) is 0 Å². The molecule has 2 unspecified atom stereocenters. The Labute approximate surface area is 112 Å². The van der Waals surface area contributed by atoms with Gasteiger partial charge in [-0.25, -0.2) is 4.98 Å². The lowest BCUT2D eigenvalue weighted by molar-refractivity contribution is -0.384. The molecule has 1 aliphatic rings. The average molecular weight is 264 g/mol. The van der Waals surface area contributed by atoms with Gasteiger partial charge in [0.2, 0.25) is 5.82 Å². The lowest BCUT2D eigenvalue weighted by atomic mass is 10.0. The van der Waals surface area contributed by atoms with Crippen LogP contribution in [0.3, 0.4) is 0 Å². The Kier molecular flexibility index (Phi) is 4.19. The van der Waals surface area contributed by atoms with E-state index < -0.39 is 4.92 Å². The van der Waals surface area contributed by atoms with Gasteiger partial charge in [-0.3, -0.25) is 10.1 Å². The molecule has 0 amide bonds. The van der Waals surface area contributed by atoms with Crippen molar-refractivity contribution in [3.8, 4) is 0 Å². The van der Waals surface area contributed by atoms with Gasteiger partial charge in [-0.1, -0.05) is 19.8 Å². The van der Waals surface area contributed by atoms with E-state index in [0.29, 0.717) is 11.6 Å². The average Bonchev–Trinajstić information content (AvgIpc) is 2.54.